The molecule has 25 heavy (non-hydrogen) atoms. The van der Waals surface area contributed by atoms with Crippen molar-refractivity contribution < 1.29 is 9.18 Å². The van der Waals surface area contributed by atoms with Crippen LogP contribution in [0.1, 0.15) is 30.1 Å². The van der Waals surface area contributed by atoms with Crippen LogP contribution in [0.4, 0.5) is 4.39 Å². The molecule has 1 N–H and O–H groups in total. The van der Waals surface area contributed by atoms with Gasteiger partial charge in [0.1, 0.15) is 24.0 Å². The van der Waals surface area contributed by atoms with Gasteiger partial charge >= 0.3 is 0 Å². The molecule has 0 unspecified atom stereocenters. The lowest BCUT2D eigenvalue weighted by Gasteiger charge is -2.41. The number of hydrogen-bond acceptors (Lipinski definition) is 4. The first-order valence-electron chi connectivity index (χ1n) is 8.70. The fourth-order valence-electron chi connectivity index (χ4n) is 3.88. The minimum Gasteiger partial charge on any atom is -0.349 e. The second-order valence-electron chi connectivity index (χ2n) is 7.11. The summed E-state index contributed by atoms with van der Waals surface area (Å²) in [5, 5.41) is 7.51. The number of carbonyl (C=O) groups excluding carboxylic acids is 1. The monoisotopic (exact) mass is 343 g/mol. The topological polar surface area (TPSA) is 63.1 Å². The average Bonchev–Trinajstić information content (AvgIpc) is 2.84. The number of nitrogens with one attached hydrogen (secondary N) is 1. The van der Waals surface area contributed by atoms with E-state index < -0.39 is 0 Å². The van der Waals surface area contributed by atoms with Crippen molar-refractivity contribution in [1.82, 2.24) is 25.0 Å². The Kier molecular flexibility index (Phi) is 4.03. The number of carbonyl (C=O) groups is 1. The van der Waals surface area contributed by atoms with Gasteiger partial charge in [-0.15, -0.1) is 0 Å². The number of aromatic nitrogens is 3. The second kappa shape index (κ2) is 6.22. The van der Waals surface area contributed by atoms with E-state index in [1.165, 1.54) is 6.07 Å². The van der Waals surface area contributed by atoms with Gasteiger partial charge in [-0.2, -0.15) is 5.10 Å². The number of halogens is 1. The van der Waals surface area contributed by atoms with Crippen LogP contribution < -0.4 is 5.32 Å². The van der Waals surface area contributed by atoms with Crippen LogP contribution in [-0.4, -0.2) is 44.2 Å². The Bertz CT molecular complexity index is 795. The van der Waals surface area contributed by atoms with Gasteiger partial charge in [-0.05, 0) is 25.8 Å². The third-order valence-electron chi connectivity index (χ3n) is 5.21. The lowest BCUT2D eigenvalue weighted by atomic mass is 9.84. The predicted molar refractivity (Wildman–Crippen MR) is 90.2 cm³/mol. The van der Waals surface area contributed by atoms with Crippen LogP contribution in [0.3, 0.4) is 0 Å². The van der Waals surface area contributed by atoms with E-state index in [-0.39, 0.29) is 23.8 Å². The summed E-state index contributed by atoms with van der Waals surface area (Å²) in [5.74, 6) is 1.41. The molecule has 1 amide bonds. The van der Waals surface area contributed by atoms with Crippen LogP contribution in [0.5, 0.6) is 0 Å². The molecule has 2 aliphatic heterocycles. The summed E-state index contributed by atoms with van der Waals surface area (Å²) in [6.07, 6.45) is 2.37. The van der Waals surface area contributed by atoms with Gasteiger partial charge in [0.15, 0.2) is 0 Å². The van der Waals surface area contributed by atoms with Gasteiger partial charge in [0.25, 0.3) is 0 Å². The lowest BCUT2D eigenvalue weighted by molar-refractivity contribution is -0.123. The molecule has 6 nitrogen and oxygen atoms in total. The second-order valence-corrected chi connectivity index (χ2v) is 7.11. The number of aryl methyl sites for hydroxylation is 1. The van der Waals surface area contributed by atoms with E-state index >= 15 is 0 Å². The summed E-state index contributed by atoms with van der Waals surface area (Å²) in [7, 11) is 0. The van der Waals surface area contributed by atoms with Crippen molar-refractivity contribution in [3.8, 4) is 0 Å². The summed E-state index contributed by atoms with van der Waals surface area (Å²) >= 11 is 0. The number of likely N-dealkylation sites (tertiary alicyclic amines) is 1. The van der Waals surface area contributed by atoms with E-state index in [4.69, 9.17) is 0 Å². The quantitative estimate of drug-likeness (QED) is 0.896. The standard InChI is InChI=1S/C18H22FN5O/c1-13-20-16-10-18(21-17(25)12-24(16)22-13)6-8-23(9-7-18)11-14-4-2-3-5-15(14)19/h2-5H,6-12H2,1H3,(H,21,25). The summed E-state index contributed by atoms with van der Waals surface area (Å²) in [6, 6.07) is 6.91. The Morgan fingerprint density at radius 2 is 2.04 bits per heavy atom. The Balaban J connectivity index is 1.47. The maximum atomic E-state index is 13.9. The summed E-state index contributed by atoms with van der Waals surface area (Å²) in [4.78, 5) is 19.0. The number of amides is 1. The molecular formula is C18H22FN5O. The van der Waals surface area contributed by atoms with Crippen molar-refractivity contribution in [3.05, 3.63) is 47.3 Å². The predicted octanol–water partition coefficient (Wildman–Crippen LogP) is 1.43. The first-order chi connectivity index (χ1) is 12.0. The van der Waals surface area contributed by atoms with Gasteiger partial charge in [-0.3, -0.25) is 9.69 Å². The summed E-state index contributed by atoms with van der Waals surface area (Å²) in [6.45, 7) is 4.33. The van der Waals surface area contributed by atoms with Crippen LogP contribution in [0.25, 0.3) is 0 Å². The third-order valence-corrected chi connectivity index (χ3v) is 5.21. The van der Waals surface area contributed by atoms with Gasteiger partial charge in [0.05, 0.1) is 0 Å². The van der Waals surface area contributed by atoms with E-state index in [0.29, 0.717) is 18.8 Å². The van der Waals surface area contributed by atoms with E-state index in [0.717, 1.165) is 37.3 Å². The van der Waals surface area contributed by atoms with Crippen molar-refractivity contribution >= 4 is 5.91 Å². The van der Waals surface area contributed by atoms with Gasteiger partial charge in [-0.25, -0.2) is 14.1 Å². The van der Waals surface area contributed by atoms with E-state index in [1.54, 1.807) is 10.7 Å². The molecule has 2 aromatic rings. The van der Waals surface area contributed by atoms with Crippen molar-refractivity contribution in [2.75, 3.05) is 13.1 Å². The molecule has 0 saturated carbocycles. The molecule has 1 saturated heterocycles. The number of benzene rings is 1. The Morgan fingerprint density at radius 1 is 1.28 bits per heavy atom. The molecule has 7 heteroatoms. The zero-order valence-electron chi connectivity index (χ0n) is 14.3. The number of nitrogens with zero attached hydrogens (tertiary/aromatic N) is 4. The molecule has 3 heterocycles. The highest BCUT2D eigenvalue weighted by Crippen LogP contribution is 2.29. The number of fused-ring (bicyclic) bond motifs is 1. The fourth-order valence-corrected chi connectivity index (χ4v) is 3.88. The smallest absolute Gasteiger partial charge is 0.242 e. The molecule has 1 spiro atoms. The maximum Gasteiger partial charge on any atom is 0.242 e. The molecule has 0 atom stereocenters. The molecule has 0 radical (unpaired) electrons. The fraction of sp³-hybridized carbons (Fsp3) is 0.500. The van der Waals surface area contributed by atoms with Crippen LogP contribution >= 0.6 is 0 Å². The Hall–Kier alpha value is -2.28. The van der Waals surface area contributed by atoms with E-state index in [9.17, 15) is 9.18 Å². The van der Waals surface area contributed by atoms with Crippen molar-refractivity contribution in [2.24, 2.45) is 0 Å². The van der Waals surface area contributed by atoms with Gasteiger partial charge < -0.3 is 5.32 Å². The molecule has 1 fully saturated rings. The summed E-state index contributed by atoms with van der Waals surface area (Å²) < 4.78 is 15.6. The Morgan fingerprint density at radius 3 is 2.80 bits per heavy atom. The molecule has 0 aliphatic carbocycles. The molecule has 132 valence electrons. The highest BCUT2D eigenvalue weighted by Gasteiger charge is 2.39. The number of piperidine rings is 1. The van der Waals surface area contributed by atoms with Gasteiger partial charge in [0.2, 0.25) is 5.91 Å². The first-order valence-corrected chi connectivity index (χ1v) is 8.70. The van der Waals surface area contributed by atoms with Crippen molar-refractivity contribution in [2.45, 2.75) is 44.8 Å². The molecule has 4 rings (SSSR count). The van der Waals surface area contributed by atoms with Crippen LogP contribution in [0.15, 0.2) is 24.3 Å². The molecule has 1 aromatic heterocycles. The average molecular weight is 343 g/mol. The zero-order chi connectivity index (χ0) is 17.4. The molecule has 1 aromatic carbocycles. The van der Waals surface area contributed by atoms with Gasteiger partial charge in [-0.1, -0.05) is 18.2 Å². The van der Waals surface area contributed by atoms with Gasteiger partial charge in [0, 0.05) is 37.2 Å². The SMILES string of the molecule is Cc1nc2n(n1)CC(=O)NC1(CCN(Cc3ccccc3F)CC1)C2. The van der Waals surface area contributed by atoms with E-state index in [2.05, 4.69) is 20.3 Å². The van der Waals surface area contributed by atoms with Crippen molar-refractivity contribution in [1.29, 1.82) is 0 Å². The third kappa shape index (κ3) is 3.28. The molecule has 2 aliphatic rings. The number of rotatable bonds is 2. The maximum absolute atomic E-state index is 13.9. The van der Waals surface area contributed by atoms with Crippen LogP contribution in [-0.2, 0) is 24.3 Å². The van der Waals surface area contributed by atoms with Crippen molar-refractivity contribution in [3.63, 3.8) is 0 Å². The highest BCUT2D eigenvalue weighted by molar-refractivity contribution is 5.77. The Labute approximate surface area is 146 Å². The molecule has 0 bridgehead atoms. The van der Waals surface area contributed by atoms with Crippen LogP contribution in [0, 0.1) is 12.7 Å². The number of hydrogen-bond donors (Lipinski definition) is 1. The lowest BCUT2D eigenvalue weighted by Crippen LogP contribution is -2.56. The molecular weight excluding hydrogens is 321 g/mol. The largest absolute Gasteiger partial charge is 0.349 e. The zero-order valence-corrected chi connectivity index (χ0v) is 14.3. The first kappa shape index (κ1) is 16.2. The van der Waals surface area contributed by atoms with E-state index in [1.807, 2.05) is 19.1 Å². The van der Waals surface area contributed by atoms with Crippen LogP contribution in [0.2, 0.25) is 0 Å². The minimum absolute atomic E-state index is 0.00814. The normalized spacial score (nSPS) is 20.2. The summed E-state index contributed by atoms with van der Waals surface area (Å²) in [5.41, 5.74) is 0.454. The minimum atomic E-state index is -0.267. The highest BCUT2D eigenvalue weighted by atomic mass is 19.1.